The van der Waals surface area contributed by atoms with E-state index in [1.165, 1.54) is 0 Å². The summed E-state index contributed by atoms with van der Waals surface area (Å²) >= 11 is 0. The fraction of sp³-hybridized carbons (Fsp3) is 0.278. The molecule has 10 heteroatoms. The van der Waals surface area contributed by atoms with Crippen LogP contribution in [0.25, 0.3) is 33.6 Å². The molecule has 0 unspecified atom stereocenters. The van der Waals surface area contributed by atoms with Crippen molar-refractivity contribution in [2.75, 3.05) is 13.4 Å². The van der Waals surface area contributed by atoms with Gasteiger partial charge < -0.3 is 24.3 Å². The first-order valence-electron chi connectivity index (χ1n) is 15.3. The Kier molecular flexibility index (Phi) is 7.88. The minimum absolute atomic E-state index is 0.0851. The molecule has 0 fully saturated rings. The summed E-state index contributed by atoms with van der Waals surface area (Å²) in [4.78, 5) is 18.6. The summed E-state index contributed by atoms with van der Waals surface area (Å²) in [5.74, 6) is 1.72. The van der Waals surface area contributed by atoms with E-state index in [9.17, 15) is 14.1 Å². The normalized spacial score (nSPS) is 16.5. The molecule has 5 aromatic rings. The summed E-state index contributed by atoms with van der Waals surface area (Å²) in [6, 6.07) is 24.8. The number of nitrogens with zero attached hydrogens (tertiary/aromatic N) is 2. The van der Waals surface area contributed by atoms with Crippen LogP contribution in [-0.4, -0.2) is 42.7 Å². The molecule has 236 valence electrons. The minimum atomic E-state index is -1.37. The lowest BCUT2D eigenvalue weighted by atomic mass is 9.95. The van der Waals surface area contributed by atoms with Crippen molar-refractivity contribution in [3.63, 3.8) is 0 Å². The molecule has 2 aliphatic heterocycles. The second-order valence-electron chi connectivity index (χ2n) is 12.5. The van der Waals surface area contributed by atoms with Gasteiger partial charge in [0.25, 0.3) is 5.91 Å². The second kappa shape index (κ2) is 12.0. The number of ether oxygens (including phenoxy) is 2. The van der Waals surface area contributed by atoms with Crippen molar-refractivity contribution >= 4 is 27.9 Å². The molecule has 2 aromatic heterocycles. The molecule has 0 aliphatic carbocycles. The highest BCUT2D eigenvalue weighted by Crippen LogP contribution is 2.44. The molecule has 2 N–H and O–H groups in total. The molecule has 0 saturated carbocycles. The van der Waals surface area contributed by atoms with E-state index in [-0.39, 0.29) is 37.6 Å². The summed E-state index contributed by atoms with van der Waals surface area (Å²) < 4.78 is 32.2. The van der Waals surface area contributed by atoms with Crippen LogP contribution in [-0.2, 0) is 24.1 Å². The highest BCUT2D eigenvalue weighted by Gasteiger charge is 2.40. The van der Waals surface area contributed by atoms with E-state index in [0.29, 0.717) is 30.2 Å². The van der Waals surface area contributed by atoms with Crippen LogP contribution < -0.4 is 14.8 Å². The van der Waals surface area contributed by atoms with Crippen LogP contribution in [0.3, 0.4) is 0 Å². The van der Waals surface area contributed by atoms with Crippen LogP contribution >= 0.6 is 0 Å². The number of nitrogens with one attached hydrogen (secondary N) is 1. The summed E-state index contributed by atoms with van der Waals surface area (Å²) in [5.41, 5.74) is 5.95. The topological polar surface area (TPSA) is 114 Å². The number of aliphatic hydroxyl groups excluding tert-OH is 1. The van der Waals surface area contributed by atoms with Gasteiger partial charge in [-0.2, -0.15) is 0 Å². The van der Waals surface area contributed by atoms with Gasteiger partial charge >= 0.3 is 0 Å². The Morgan fingerprint density at radius 3 is 2.61 bits per heavy atom. The van der Waals surface area contributed by atoms with Gasteiger partial charge in [0.1, 0.15) is 28.0 Å². The van der Waals surface area contributed by atoms with Crippen molar-refractivity contribution in [2.24, 2.45) is 0 Å². The number of hydrogen-bond acceptors (Lipinski definition) is 7. The lowest BCUT2D eigenvalue weighted by molar-refractivity contribution is 0.0945. The molecule has 0 saturated heterocycles. The van der Waals surface area contributed by atoms with Gasteiger partial charge in [0.15, 0.2) is 11.5 Å². The zero-order valence-electron chi connectivity index (χ0n) is 25.9. The van der Waals surface area contributed by atoms with Gasteiger partial charge in [-0.15, -0.1) is 0 Å². The molecule has 1 amide bonds. The Hall–Kier alpha value is -4.51. The average Bonchev–Trinajstić information content (AvgIpc) is 3.79. The first-order chi connectivity index (χ1) is 22.2. The number of rotatable bonds is 8. The second-order valence-corrected chi connectivity index (χ2v) is 14.7. The number of amides is 1. The standard InChI is InChI=1S/C36H35N3O6S/c1-36(2,3)46(42)39-20-26-17-27(35(41)37-19-22-11-12-30-32(15-22)44-21-43-30)38-34(33(26)28(39)13-14-40)25-9-6-8-23(16-25)31-18-24-7-4-5-10-29(24)45-31/h4-12,15-18,28,40H,13-14,19-21H2,1-3H3,(H,37,41)/t28-,46-/m0/s1. The fourth-order valence-electron chi connectivity index (χ4n) is 6.07. The number of carbonyl (C=O) groups excluding carboxylic acids is 1. The van der Waals surface area contributed by atoms with Crippen LogP contribution in [0.1, 0.15) is 60.4 Å². The molecule has 0 radical (unpaired) electrons. The quantitative estimate of drug-likeness (QED) is 0.199. The zero-order chi connectivity index (χ0) is 32.0. The lowest BCUT2D eigenvalue weighted by Gasteiger charge is -2.30. The van der Waals surface area contributed by atoms with E-state index >= 15 is 0 Å². The number of hydrogen-bond donors (Lipinski definition) is 2. The Bertz CT molecular complexity index is 1950. The van der Waals surface area contributed by atoms with Crippen molar-refractivity contribution in [3.05, 3.63) is 101 Å². The maximum absolute atomic E-state index is 13.8. The van der Waals surface area contributed by atoms with Gasteiger partial charge in [-0.1, -0.05) is 42.5 Å². The zero-order valence-corrected chi connectivity index (χ0v) is 26.7. The highest BCUT2D eigenvalue weighted by molar-refractivity contribution is 7.84. The SMILES string of the molecule is CC(C)(C)[S@](=O)N1Cc2cc(C(=O)NCc3ccc4c(c3)OCO4)nc(-c3cccc(-c4cc5ccccc5o4)c3)c2[C@@H]1CCO. The predicted octanol–water partition coefficient (Wildman–Crippen LogP) is 6.52. The van der Waals surface area contributed by atoms with Gasteiger partial charge in [0.2, 0.25) is 6.79 Å². The Labute approximate surface area is 269 Å². The van der Waals surface area contributed by atoms with E-state index in [1.807, 2.05) is 97.9 Å². The van der Waals surface area contributed by atoms with Gasteiger partial charge in [-0.3, -0.25) is 4.79 Å². The van der Waals surface area contributed by atoms with E-state index in [0.717, 1.165) is 44.5 Å². The van der Waals surface area contributed by atoms with Crippen LogP contribution in [0.15, 0.2) is 83.3 Å². The van der Waals surface area contributed by atoms with Crippen molar-refractivity contribution in [1.82, 2.24) is 14.6 Å². The minimum Gasteiger partial charge on any atom is -0.456 e. The number of pyridine rings is 1. The number of fused-ring (bicyclic) bond motifs is 3. The third-order valence-corrected chi connectivity index (χ3v) is 10.1. The van der Waals surface area contributed by atoms with E-state index in [2.05, 4.69) is 5.32 Å². The molecular formula is C36H35N3O6S. The Morgan fingerprint density at radius 2 is 1.80 bits per heavy atom. The van der Waals surface area contributed by atoms with E-state index in [1.54, 1.807) is 6.07 Å². The summed E-state index contributed by atoms with van der Waals surface area (Å²) in [6.45, 7) is 6.55. The van der Waals surface area contributed by atoms with Gasteiger partial charge in [0, 0.05) is 41.8 Å². The van der Waals surface area contributed by atoms with Gasteiger partial charge in [-0.05, 0) is 74.7 Å². The van der Waals surface area contributed by atoms with Crippen molar-refractivity contribution < 1.29 is 28.0 Å². The Morgan fingerprint density at radius 1 is 1.00 bits per heavy atom. The fourth-order valence-corrected chi connectivity index (χ4v) is 7.48. The average molecular weight is 638 g/mol. The van der Waals surface area contributed by atoms with Crippen molar-refractivity contribution in [2.45, 2.75) is 51.1 Å². The first kappa shape index (κ1) is 30.2. The number of aromatic nitrogens is 1. The first-order valence-corrected chi connectivity index (χ1v) is 16.4. The van der Waals surface area contributed by atoms with Crippen molar-refractivity contribution in [1.29, 1.82) is 0 Å². The summed E-state index contributed by atoms with van der Waals surface area (Å²) in [6.07, 6.45) is 0.377. The molecule has 4 heterocycles. The number of furan rings is 1. The van der Waals surface area contributed by atoms with Crippen molar-refractivity contribution in [3.8, 4) is 34.1 Å². The summed E-state index contributed by atoms with van der Waals surface area (Å²) in [7, 11) is -1.37. The van der Waals surface area contributed by atoms with Crippen LogP contribution in [0.5, 0.6) is 11.5 Å². The number of aliphatic hydroxyl groups is 1. The van der Waals surface area contributed by atoms with E-state index < -0.39 is 15.7 Å². The van der Waals surface area contributed by atoms with Crippen LogP contribution in [0.4, 0.5) is 0 Å². The van der Waals surface area contributed by atoms with E-state index in [4.69, 9.17) is 18.9 Å². The number of benzene rings is 3. The molecule has 9 nitrogen and oxygen atoms in total. The molecule has 0 bridgehead atoms. The highest BCUT2D eigenvalue weighted by atomic mass is 32.2. The monoisotopic (exact) mass is 637 g/mol. The third-order valence-electron chi connectivity index (χ3n) is 8.26. The third kappa shape index (κ3) is 5.68. The largest absolute Gasteiger partial charge is 0.456 e. The molecule has 2 aliphatic rings. The smallest absolute Gasteiger partial charge is 0.270 e. The number of carbonyl (C=O) groups is 1. The molecule has 46 heavy (non-hydrogen) atoms. The van der Waals surface area contributed by atoms with Gasteiger partial charge in [-0.25, -0.2) is 13.5 Å². The maximum Gasteiger partial charge on any atom is 0.270 e. The predicted molar refractivity (Wildman–Crippen MR) is 176 cm³/mol. The summed E-state index contributed by atoms with van der Waals surface area (Å²) in [5, 5.41) is 14.1. The van der Waals surface area contributed by atoms with Crippen LogP contribution in [0, 0.1) is 0 Å². The number of para-hydroxylation sites is 1. The molecule has 7 rings (SSSR count). The molecule has 3 aromatic carbocycles. The van der Waals surface area contributed by atoms with Crippen LogP contribution in [0.2, 0.25) is 0 Å². The van der Waals surface area contributed by atoms with Gasteiger partial charge in [0.05, 0.1) is 16.5 Å². The molecular weight excluding hydrogens is 602 g/mol. The molecule has 2 atom stereocenters. The molecule has 0 spiro atoms. The Balaban J connectivity index is 1.29. The lowest BCUT2D eigenvalue weighted by Crippen LogP contribution is -2.36. The maximum atomic E-state index is 13.8.